The molecule has 0 aromatic rings. The predicted molar refractivity (Wildman–Crippen MR) is 113 cm³/mol. The van der Waals surface area contributed by atoms with Crippen molar-refractivity contribution in [2.24, 2.45) is 5.73 Å². The van der Waals surface area contributed by atoms with E-state index in [-0.39, 0.29) is 13.2 Å². The van der Waals surface area contributed by atoms with Gasteiger partial charge in [-0.3, -0.25) is 4.55 Å². The third-order valence-corrected chi connectivity index (χ3v) is 4.82. The second kappa shape index (κ2) is 23.8. The minimum Gasteiger partial charge on any atom is -0.395 e. The van der Waals surface area contributed by atoms with Crippen molar-refractivity contribution in [2.45, 2.75) is 110 Å². The first-order chi connectivity index (χ1) is 13.0. The van der Waals surface area contributed by atoms with Gasteiger partial charge in [0.2, 0.25) is 0 Å². The Bertz CT molecular complexity index is 361. The quantitative estimate of drug-likeness (QED) is 0.204. The first-order valence-corrected chi connectivity index (χ1v) is 12.3. The fourth-order valence-corrected chi connectivity index (χ4v) is 3.14. The van der Waals surface area contributed by atoms with Crippen LogP contribution in [0.5, 0.6) is 0 Å². The molecule has 0 aliphatic rings. The lowest BCUT2D eigenvalue weighted by molar-refractivity contribution is 0.261. The number of hydrogen-bond acceptors (Lipinski definition) is 5. The van der Waals surface area contributed by atoms with Crippen LogP contribution in [0.1, 0.15) is 110 Å². The van der Waals surface area contributed by atoms with Crippen LogP contribution >= 0.6 is 0 Å². The van der Waals surface area contributed by atoms with Gasteiger partial charge < -0.3 is 10.8 Å². The molecule has 0 atom stereocenters. The summed E-state index contributed by atoms with van der Waals surface area (Å²) in [5, 5.41) is 7.75. The molecule has 7 heteroatoms. The van der Waals surface area contributed by atoms with Crippen molar-refractivity contribution in [1.29, 1.82) is 0 Å². The van der Waals surface area contributed by atoms with Crippen molar-refractivity contribution in [3.63, 3.8) is 0 Å². The molecule has 27 heavy (non-hydrogen) atoms. The van der Waals surface area contributed by atoms with Gasteiger partial charge in [0.1, 0.15) is 0 Å². The van der Waals surface area contributed by atoms with Gasteiger partial charge in [0.05, 0.1) is 13.2 Å². The molecule has 0 unspecified atom stereocenters. The lowest BCUT2D eigenvalue weighted by Gasteiger charge is -2.03. The molecule has 0 saturated heterocycles. The van der Waals surface area contributed by atoms with Crippen molar-refractivity contribution in [1.82, 2.24) is 0 Å². The Hall–Kier alpha value is -0.210. The first kappa shape index (κ1) is 29.0. The minimum atomic E-state index is -4.24. The minimum absolute atomic E-state index is 0.0945. The van der Waals surface area contributed by atoms with Crippen LogP contribution in [0.15, 0.2) is 0 Å². The van der Waals surface area contributed by atoms with E-state index in [0.29, 0.717) is 13.0 Å². The molecule has 0 amide bonds. The highest BCUT2D eigenvalue weighted by molar-refractivity contribution is 7.80. The maximum atomic E-state index is 10.3. The van der Waals surface area contributed by atoms with E-state index in [1.165, 1.54) is 83.5 Å². The molecule has 0 aliphatic heterocycles. The summed E-state index contributed by atoms with van der Waals surface area (Å²) >= 11 is 0. The molecule has 4 N–H and O–H groups in total. The maximum absolute atomic E-state index is 10.3. The molecular weight excluding hydrogens is 366 g/mol. The fourth-order valence-electron chi connectivity index (χ4n) is 2.81. The molecule has 0 radical (unpaired) electrons. The maximum Gasteiger partial charge on any atom is 0.397 e. The zero-order valence-corrected chi connectivity index (χ0v) is 18.4. The van der Waals surface area contributed by atoms with Gasteiger partial charge in [-0.1, -0.05) is 103 Å². The topological polar surface area (TPSA) is 110 Å². The second-order valence-electron chi connectivity index (χ2n) is 7.07. The van der Waals surface area contributed by atoms with Gasteiger partial charge in [-0.15, -0.1) is 0 Å². The van der Waals surface area contributed by atoms with Crippen molar-refractivity contribution in [3.05, 3.63) is 0 Å². The largest absolute Gasteiger partial charge is 0.397 e. The van der Waals surface area contributed by atoms with E-state index >= 15 is 0 Å². The summed E-state index contributed by atoms with van der Waals surface area (Å²) in [5.41, 5.74) is 4.78. The van der Waals surface area contributed by atoms with E-state index in [1.54, 1.807) is 0 Å². The zero-order chi connectivity index (χ0) is 20.6. The molecule has 6 nitrogen and oxygen atoms in total. The molecule has 0 fully saturated rings. The molecular formula is C20H45NO5S. The van der Waals surface area contributed by atoms with Crippen LogP contribution in [0.3, 0.4) is 0 Å². The summed E-state index contributed by atoms with van der Waals surface area (Å²) in [6.45, 7) is 2.83. The number of aliphatic hydroxyl groups is 1. The van der Waals surface area contributed by atoms with Crippen LogP contribution in [-0.4, -0.2) is 37.8 Å². The Labute approximate surface area is 168 Å². The Morgan fingerprint density at radius 1 is 0.704 bits per heavy atom. The van der Waals surface area contributed by atoms with E-state index < -0.39 is 10.4 Å². The van der Waals surface area contributed by atoms with Gasteiger partial charge in [0.25, 0.3) is 0 Å². The first-order valence-electron chi connectivity index (χ1n) is 10.9. The molecule has 0 spiro atoms. The number of rotatable bonds is 19. The van der Waals surface area contributed by atoms with Crippen LogP contribution in [0.2, 0.25) is 0 Å². The van der Waals surface area contributed by atoms with Gasteiger partial charge in [0.15, 0.2) is 0 Å². The van der Waals surface area contributed by atoms with Crippen molar-refractivity contribution in [2.75, 3.05) is 19.8 Å². The summed E-state index contributed by atoms with van der Waals surface area (Å²) in [5.74, 6) is 0. The highest BCUT2D eigenvalue weighted by Gasteiger charge is 2.02. The van der Waals surface area contributed by atoms with E-state index in [4.69, 9.17) is 15.4 Å². The molecule has 0 aromatic heterocycles. The van der Waals surface area contributed by atoms with Crippen molar-refractivity contribution >= 4 is 10.4 Å². The van der Waals surface area contributed by atoms with Gasteiger partial charge in [0, 0.05) is 6.54 Å². The summed E-state index contributed by atoms with van der Waals surface area (Å²) in [4.78, 5) is 0. The van der Waals surface area contributed by atoms with Gasteiger partial charge in [-0.2, -0.15) is 8.42 Å². The number of unbranched alkanes of at least 4 members (excludes halogenated alkanes) is 15. The van der Waals surface area contributed by atoms with Crippen LogP contribution < -0.4 is 5.73 Å². The molecule has 0 aliphatic carbocycles. The third kappa shape index (κ3) is 33.8. The lowest BCUT2D eigenvalue weighted by atomic mass is 10.0. The average Bonchev–Trinajstić information content (AvgIpc) is 2.63. The molecule has 166 valence electrons. The lowest BCUT2D eigenvalue weighted by Crippen LogP contribution is -2.04. The average molecular weight is 412 g/mol. The zero-order valence-electron chi connectivity index (χ0n) is 17.5. The molecule has 0 bridgehead atoms. The predicted octanol–water partition coefficient (Wildman–Crippen LogP) is 5.00. The van der Waals surface area contributed by atoms with Gasteiger partial charge >= 0.3 is 10.4 Å². The van der Waals surface area contributed by atoms with Crippen LogP contribution in [0.4, 0.5) is 0 Å². The number of nitrogens with two attached hydrogens (primary N) is 1. The Morgan fingerprint density at radius 3 is 1.26 bits per heavy atom. The third-order valence-electron chi connectivity index (χ3n) is 4.36. The molecule has 0 aromatic carbocycles. The van der Waals surface area contributed by atoms with Crippen molar-refractivity contribution < 1.29 is 22.3 Å². The normalized spacial score (nSPS) is 11.3. The second-order valence-corrected chi connectivity index (χ2v) is 8.16. The van der Waals surface area contributed by atoms with Crippen molar-refractivity contribution in [3.8, 4) is 0 Å². The molecule has 0 saturated carbocycles. The summed E-state index contributed by atoms with van der Waals surface area (Å²) in [6.07, 6.45) is 20.5. The Kier molecular flexibility index (Phi) is 25.6. The van der Waals surface area contributed by atoms with E-state index in [9.17, 15) is 8.42 Å². The smallest absolute Gasteiger partial charge is 0.395 e. The molecule has 0 rings (SSSR count). The fraction of sp³-hybridized carbons (Fsp3) is 1.00. The van der Waals surface area contributed by atoms with E-state index in [1.807, 2.05) is 0 Å². The summed E-state index contributed by atoms with van der Waals surface area (Å²) < 4.78 is 33.3. The Morgan fingerprint density at radius 2 is 1.00 bits per heavy atom. The highest BCUT2D eigenvalue weighted by atomic mass is 32.3. The van der Waals surface area contributed by atoms with Gasteiger partial charge in [-0.25, -0.2) is 4.18 Å². The number of hydrogen-bond donors (Lipinski definition) is 3. The summed E-state index contributed by atoms with van der Waals surface area (Å²) in [6, 6.07) is 0. The van der Waals surface area contributed by atoms with E-state index in [0.717, 1.165) is 12.8 Å². The van der Waals surface area contributed by atoms with Crippen LogP contribution in [0.25, 0.3) is 0 Å². The van der Waals surface area contributed by atoms with Gasteiger partial charge in [-0.05, 0) is 6.42 Å². The summed E-state index contributed by atoms with van der Waals surface area (Å²) in [7, 11) is -4.24. The van der Waals surface area contributed by atoms with E-state index in [2.05, 4.69) is 11.1 Å². The van der Waals surface area contributed by atoms with Crippen LogP contribution in [0, 0.1) is 0 Å². The SMILES string of the molecule is CCCCCCCCCCCCCCCCCCOS(=O)(=O)O.NCCO. The van der Waals surface area contributed by atoms with Crippen LogP contribution in [-0.2, 0) is 14.6 Å². The molecule has 0 heterocycles. The highest BCUT2D eigenvalue weighted by Crippen LogP contribution is 2.13. The standard InChI is InChI=1S/C18H38O4S.C2H7NO/c1-2-3-4-5-6-7-8-9-10-11-12-13-14-15-16-17-18-22-23(19,20)21;3-1-2-4/h2-18H2,1H3,(H,19,20,21);4H,1-3H2. The number of aliphatic hydroxyl groups excluding tert-OH is 1. The Balaban J connectivity index is 0. The monoisotopic (exact) mass is 411 g/mol.